The van der Waals surface area contributed by atoms with Gasteiger partial charge in [-0.25, -0.2) is 0 Å². The minimum Gasteiger partial charge on any atom is -0.335 e. The molecule has 138 valence electrons. The Morgan fingerprint density at radius 3 is 2.44 bits per heavy atom. The quantitative estimate of drug-likeness (QED) is 0.560. The molecular weight excluding hydrogens is 334 g/mol. The van der Waals surface area contributed by atoms with Gasteiger partial charge in [-0.15, -0.1) is 0 Å². The summed E-state index contributed by atoms with van der Waals surface area (Å²) >= 11 is 1.74. The molecule has 0 spiro atoms. The first-order valence-corrected chi connectivity index (χ1v) is 10.4. The summed E-state index contributed by atoms with van der Waals surface area (Å²) in [7, 11) is 0. The number of nitrogens with zero attached hydrogens (tertiary/aromatic N) is 2. The lowest BCUT2D eigenvalue weighted by atomic mass is 9.89. The van der Waals surface area contributed by atoms with Crippen molar-refractivity contribution >= 4 is 28.3 Å². The van der Waals surface area contributed by atoms with E-state index in [1.807, 2.05) is 6.07 Å². The molecule has 25 heavy (non-hydrogen) atoms. The van der Waals surface area contributed by atoms with Crippen molar-refractivity contribution in [3.63, 3.8) is 0 Å². The van der Waals surface area contributed by atoms with Crippen LogP contribution in [-0.4, -0.2) is 21.9 Å². The van der Waals surface area contributed by atoms with E-state index in [0.29, 0.717) is 6.04 Å². The second-order valence-electron chi connectivity index (χ2n) is 6.49. The number of unbranched alkanes of at least 4 members (excludes halogenated alkanes) is 1. The van der Waals surface area contributed by atoms with Crippen LogP contribution in [0.15, 0.2) is 17.1 Å². The van der Waals surface area contributed by atoms with Gasteiger partial charge in [0, 0.05) is 23.1 Å². The van der Waals surface area contributed by atoms with E-state index < -0.39 is 0 Å². The third-order valence-corrected chi connectivity index (χ3v) is 5.66. The van der Waals surface area contributed by atoms with Crippen LogP contribution in [0.1, 0.15) is 64.0 Å². The third kappa shape index (κ3) is 5.21. The summed E-state index contributed by atoms with van der Waals surface area (Å²) in [5.74, 6) is 1.02. The van der Waals surface area contributed by atoms with E-state index in [4.69, 9.17) is 0 Å². The summed E-state index contributed by atoms with van der Waals surface area (Å²) in [5.41, 5.74) is 3.28. The molecule has 1 unspecified atom stereocenters. The fourth-order valence-electron chi connectivity index (χ4n) is 2.95. The lowest BCUT2D eigenvalue weighted by Gasteiger charge is -2.20. The Labute approximate surface area is 154 Å². The molecular formula is C19H29N3O2S. The fourth-order valence-corrected chi connectivity index (χ4v) is 4.01. The predicted molar refractivity (Wildman–Crippen MR) is 108 cm³/mol. The third-order valence-electron chi connectivity index (χ3n) is 4.63. The molecule has 1 aromatic carbocycles. The van der Waals surface area contributed by atoms with E-state index in [1.165, 1.54) is 12.8 Å². The molecule has 5 nitrogen and oxygen atoms in total. The molecule has 1 N–H and O–H groups in total. The van der Waals surface area contributed by atoms with Crippen LogP contribution in [0.5, 0.6) is 0 Å². The maximum Gasteiger partial charge on any atom is 0.273 e. The van der Waals surface area contributed by atoms with Gasteiger partial charge in [-0.2, -0.15) is 0 Å². The maximum atomic E-state index is 11.2. The van der Waals surface area contributed by atoms with E-state index in [0.717, 1.165) is 59.8 Å². The van der Waals surface area contributed by atoms with Crippen molar-refractivity contribution in [2.24, 2.45) is 4.99 Å². The van der Waals surface area contributed by atoms with Crippen LogP contribution in [-0.2, 0) is 12.8 Å². The van der Waals surface area contributed by atoms with Gasteiger partial charge < -0.3 is 5.32 Å². The Morgan fingerprint density at radius 2 is 1.88 bits per heavy atom. The highest BCUT2D eigenvalue weighted by atomic mass is 32.2. The summed E-state index contributed by atoms with van der Waals surface area (Å²) < 4.78 is 0. The van der Waals surface area contributed by atoms with E-state index in [-0.39, 0.29) is 10.6 Å². The van der Waals surface area contributed by atoms with Crippen LogP contribution in [0.25, 0.3) is 0 Å². The number of fused-ring (bicyclic) bond motifs is 1. The van der Waals surface area contributed by atoms with E-state index in [1.54, 1.807) is 17.8 Å². The van der Waals surface area contributed by atoms with Crippen LogP contribution in [0.2, 0.25) is 0 Å². The van der Waals surface area contributed by atoms with Crippen molar-refractivity contribution in [1.29, 1.82) is 0 Å². The van der Waals surface area contributed by atoms with Gasteiger partial charge in [0.25, 0.3) is 5.69 Å². The smallest absolute Gasteiger partial charge is 0.273 e. The van der Waals surface area contributed by atoms with Crippen molar-refractivity contribution in [3.8, 4) is 0 Å². The van der Waals surface area contributed by atoms with Crippen LogP contribution in [0.4, 0.5) is 11.4 Å². The predicted octanol–water partition coefficient (Wildman–Crippen LogP) is 5.57. The molecule has 3 rings (SSSR count). The summed E-state index contributed by atoms with van der Waals surface area (Å²) in [4.78, 5) is 15.5. The molecule has 1 aliphatic heterocycles. The van der Waals surface area contributed by atoms with Gasteiger partial charge in [-0.3, -0.25) is 15.1 Å². The maximum absolute atomic E-state index is 11.2. The lowest BCUT2D eigenvalue weighted by Crippen LogP contribution is -2.13. The molecule has 0 bridgehead atoms. The molecule has 0 fully saturated rings. The van der Waals surface area contributed by atoms with Gasteiger partial charge in [0.2, 0.25) is 0 Å². The number of benzene rings is 1. The number of hydrogen-bond donors (Lipinski definition) is 1. The molecule has 2 aliphatic rings. The Hall–Kier alpha value is -1.56. The van der Waals surface area contributed by atoms with Gasteiger partial charge in [-0.05, 0) is 43.7 Å². The number of nitrogens with one attached hydrogen (secondary N) is 1. The number of thioether (sulfide) groups is 1. The minimum atomic E-state index is -0.261. The second-order valence-corrected chi connectivity index (χ2v) is 7.49. The van der Waals surface area contributed by atoms with Crippen LogP contribution < -0.4 is 5.32 Å². The molecule has 0 amide bonds. The van der Waals surface area contributed by atoms with E-state index >= 15 is 0 Å². The molecule has 0 saturated heterocycles. The Balaban J connectivity index is 0.000000511. The highest BCUT2D eigenvalue weighted by Crippen LogP contribution is 2.35. The standard InChI is InChI=1S/C15H19N3O2S.C4H10/c1-2-10-9-21-15(16-10)17-13-7-8-14(18(19)20)12-6-4-3-5-11(12)13;1-3-4-2/h7-8,10H,2-6,9H2,1H3,(H,16,17);3-4H2,1-2H3. The largest absolute Gasteiger partial charge is 0.335 e. The van der Waals surface area contributed by atoms with Crippen LogP contribution in [0.3, 0.4) is 0 Å². The van der Waals surface area contributed by atoms with Crippen molar-refractivity contribution in [2.75, 3.05) is 11.1 Å². The van der Waals surface area contributed by atoms with Crippen LogP contribution >= 0.6 is 11.8 Å². The lowest BCUT2D eigenvalue weighted by molar-refractivity contribution is -0.385. The molecule has 1 atom stereocenters. The summed E-state index contributed by atoms with van der Waals surface area (Å²) in [6.07, 6.45) is 7.54. The highest BCUT2D eigenvalue weighted by molar-refractivity contribution is 8.14. The number of rotatable bonds is 4. The zero-order valence-corrected chi connectivity index (χ0v) is 16.3. The topological polar surface area (TPSA) is 67.5 Å². The monoisotopic (exact) mass is 363 g/mol. The van der Waals surface area contributed by atoms with Gasteiger partial charge in [-0.1, -0.05) is 45.4 Å². The summed E-state index contributed by atoms with van der Waals surface area (Å²) in [6, 6.07) is 3.86. The zero-order valence-electron chi connectivity index (χ0n) is 15.5. The zero-order chi connectivity index (χ0) is 18.2. The molecule has 0 aromatic heterocycles. The van der Waals surface area contributed by atoms with Gasteiger partial charge >= 0.3 is 0 Å². The van der Waals surface area contributed by atoms with E-state index in [9.17, 15) is 10.1 Å². The van der Waals surface area contributed by atoms with Gasteiger partial charge in [0.15, 0.2) is 5.17 Å². The summed E-state index contributed by atoms with van der Waals surface area (Å²) in [5, 5.41) is 15.5. The number of nitro benzene ring substituents is 1. The number of nitro groups is 1. The highest BCUT2D eigenvalue weighted by Gasteiger charge is 2.24. The minimum absolute atomic E-state index is 0.261. The number of hydrogen-bond acceptors (Lipinski definition) is 5. The van der Waals surface area contributed by atoms with Crippen LogP contribution in [0, 0.1) is 10.1 Å². The first kappa shape index (κ1) is 19.8. The van der Waals surface area contributed by atoms with Crippen molar-refractivity contribution in [1.82, 2.24) is 0 Å². The Bertz CT molecular complexity index is 629. The normalized spacial score (nSPS) is 18.7. The Morgan fingerprint density at radius 1 is 1.20 bits per heavy atom. The van der Waals surface area contributed by atoms with Crippen molar-refractivity contribution < 1.29 is 4.92 Å². The van der Waals surface area contributed by atoms with E-state index in [2.05, 4.69) is 31.1 Å². The van der Waals surface area contributed by atoms with Crippen molar-refractivity contribution in [2.45, 2.75) is 71.8 Å². The molecule has 1 aromatic rings. The molecule has 0 radical (unpaired) electrons. The first-order chi connectivity index (χ1) is 12.1. The molecule has 1 heterocycles. The number of amidine groups is 1. The van der Waals surface area contributed by atoms with Gasteiger partial charge in [0.05, 0.1) is 11.0 Å². The van der Waals surface area contributed by atoms with Crippen molar-refractivity contribution in [3.05, 3.63) is 33.4 Å². The summed E-state index contributed by atoms with van der Waals surface area (Å²) in [6.45, 7) is 6.51. The average Bonchev–Trinajstić information content (AvgIpc) is 3.09. The SMILES string of the molecule is CCC1CSC(Nc2ccc([N+](=O)[O-])c3c2CCCC3)=N1.CCCC. The van der Waals surface area contributed by atoms with Gasteiger partial charge in [0.1, 0.15) is 0 Å². The average molecular weight is 364 g/mol. The molecule has 6 heteroatoms. The number of aliphatic imine (C=N–C) groups is 1. The molecule has 0 saturated carbocycles. The first-order valence-electron chi connectivity index (χ1n) is 9.37. The fraction of sp³-hybridized carbons (Fsp3) is 0.632. The Kier molecular flexibility index (Phi) is 7.75. The second kappa shape index (κ2) is 9.80. The number of anilines is 1. The molecule has 1 aliphatic carbocycles.